The van der Waals surface area contributed by atoms with Crippen molar-refractivity contribution in [2.45, 2.75) is 12.4 Å². The molecule has 1 aliphatic heterocycles. The van der Waals surface area contributed by atoms with Gasteiger partial charge in [-0.2, -0.15) is 26.3 Å². The van der Waals surface area contributed by atoms with Gasteiger partial charge < -0.3 is 50.7 Å². The lowest BCUT2D eigenvalue weighted by atomic mass is 10.2. The van der Waals surface area contributed by atoms with Crippen molar-refractivity contribution in [3.8, 4) is 34.5 Å². The second-order valence-electron chi connectivity index (χ2n) is 12.5. The van der Waals surface area contributed by atoms with Gasteiger partial charge in [-0.1, -0.05) is 0 Å². The first kappa shape index (κ1) is 42.0. The molecule has 6 aromatic carbocycles. The Bertz CT molecular complexity index is 2370. The van der Waals surface area contributed by atoms with Crippen LogP contribution in [0.5, 0.6) is 34.5 Å². The zero-order chi connectivity index (χ0) is 42.7. The molecule has 1 heterocycles. The van der Waals surface area contributed by atoms with E-state index in [1.165, 1.54) is 28.9 Å². The summed E-state index contributed by atoms with van der Waals surface area (Å²) < 4.78 is 116. The molecule has 1 aliphatic rings. The maximum atomic E-state index is 13.7. The number of rotatable bonds is 12. The van der Waals surface area contributed by atoms with E-state index in [-0.39, 0.29) is 34.5 Å². The Morgan fingerprint density at radius 2 is 0.767 bits per heavy atom. The molecule has 0 saturated heterocycles. The minimum atomic E-state index is -4.70. The molecule has 0 aromatic heterocycles. The van der Waals surface area contributed by atoms with Crippen LogP contribution in [0.2, 0.25) is 0 Å². The van der Waals surface area contributed by atoms with Crippen LogP contribution in [0.15, 0.2) is 150 Å². The monoisotopic (exact) mass is 889 g/mol. The van der Waals surface area contributed by atoms with Gasteiger partial charge >= 0.3 is 36.9 Å². The summed E-state index contributed by atoms with van der Waals surface area (Å²) in [6.45, 7) is 0. The van der Waals surface area contributed by atoms with Crippen molar-refractivity contribution >= 4 is 47.3 Å². The average molecular weight is 890 g/mol. The highest BCUT2D eigenvalue weighted by molar-refractivity contribution is 7.78. The fourth-order valence-corrected chi connectivity index (χ4v) is 12.5. The summed E-state index contributed by atoms with van der Waals surface area (Å²) in [5, 5.41) is 0. The Morgan fingerprint density at radius 1 is 0.433 bits per heavy atom. The van der Waals surface area contributed by atoms with Crippen LogP contribution >= 0.6 is 24.6 Å². The summed E-state index contributed by atoms with van der Waals surface area (Å²) in [4.78, 5) is 13.0. The molecule has 2 unspecified atom stereocenters. The summed E-state index contributed by atoms with van der Waals surface area (Å²) >= 11 is 0. The smallest absolute Gasteiger partial charge is 0.440 e. The summed E-state index contributed by atoms with van der Waals surface area (Å²) in [7, 11) is -9.79. The maximum Gasteiger partial charge on any atom is 0.447 e. The van der Waals surface area contributed by atoms with E-state index in [1.54, 1.807) is 72.8 Å². The second-order valence-corrected chi connectivity index (χ2v) is 18.0. The van der Waals surface area contributed by atoms with E-state index in [1.807, 2.05) is 0 Å². The van der Waals surface area contributed by atoms with Crippen molar-refractivity contribution in [1.82, 2.24) is 9.21 Å². The first-order valence-corrected chi connectivity index (χ1v) is 21.1. The van der Waals surface area contributed by atoms with Crippen LogP contribution < -0.4 is 50.7 Å². The summed E-state index contributed by atoms with van der Waals surface area (Å²) in [5.74, 6) is 0.293. The SMILES string of the molecule is Nc1ccc(ON2P(Oc3ccc(N)cc3)N=P(Oc3ccc(C(F)(F)F)cc3)(Oc3ccc(C(F)(F)F)cc3)N(Oc3ccc(N)cc3)P2Oc2ccc(N)cc2)cc1. The number of benzene rings is 6. The van der Waals surface area contributed by atoms with Gasteiger partial charge in [0.2, 0.25) is 0 Å². The maximum absolute atomic E-state index is 13.7. The van der Waals surface area contributed by atoms with Crippen molar-refractivity contribution in [1.29, 1.82) is 0 Å². The Labute approximate surface area is 341 Å². The van der Waals surface area contributed by atoms with Gasteiger partial charge in [0.05, 0.1) is 11.1 Å². The van der Waals surface area contributed by atoms with Crippen LogP contribution in [0.25, 0.3) is 0 Å². The molecule has 0 radical (unpaired) electrons. The lowest BCUT2D eigenvalue weighted by Crippen LogP contribution is -2.37. The van der Waals surface area contributed by atoms with Crippen LogP contribution in [0.1, 0.15) is 11.1 Å². The Balaban J connectivity index is 1.49. The van der Waals surface area contributed by atoms with Gasteiger partial charge in [0, 0.05) is 32.0 Å². The standard InChI is InChI=1S/C38H32F6N7O6P3/c39-37(40,41)25-1-13-35(14-2-25)56-60(57-36-15-3-26(4-16-36)38(42,43)44)49-58(54-33-21-9-29(47)10-22-33)50(52-31-17-5-27(45)6-18-31)59(55-34-23-11-30(48)12-24-34)51(60)53-32-19-7-28(46)8-20-32/h1-24H,45-48H2. The van der Waals surface area contributed by atoms with Crippen molar-refractivity contribution in [3.63, 3.8) is 0 Å². The average Bonchev–Trinajstić information content (AvgIpc) is 3.20. The molecule has 0 aliphatic carbocycles. The van der Waals surface area contributed by atoms with E-state index < -0.39 is 48.0 Å². The lowest BCUT2D eigenvalue weighted by Gasteiger charge is -2.43. The fraction of sp³-hybridized carbons (Fsp3) is 0.0526. The summed E-state index contributed by atoms with van der Waals surface area (Å²) in [6.07, 6.45) is -9.41. The van der Waals surface area contributed by atoms with Gasteiger partial charge in [0.15, 0.2) is 0 Å². The number of nitrogens with two attached hydrogens (primary N) is 4. The van der Waals surface area contributed by atoms with E-state index >= 15 is 0 Å². The Hall–Kier alpha value is -6.09. The predicted octanol–water partition coefficient (Wildman–Crippen LogP) is 11.7. The predicted molar refractivity (Wildman–Crippen MR) is 217 cm³/mol. The van der Waals surface area contributed by atoms with Crippen LogP contribution in [-0.4, -0.2) is 9.21 Å². The lowest BCUT2D eigenvalue weighted by molar-refractivity contribution is -0.138. The zero-order valence-corrected chi connectivity index (χ0v) is 33.2. The highest BCUT2D eigenvalue weighted by Gasteiger charge is 2.58. The van der Waals surface area contributed by atoms with Crippen molar-refractivity contribution < 1.29 is 54.1 Å². The topological polar surface area (TPSA) is 178 Å². The molecule has 8 N–H and O–H groups in total. The molecule has 13 nitrogen and oxygen atoms in total. The quantitative estimate of drug-likeness (QED) is 0.0520. The van der Waals surface area contributed by atoms with E-state index in [2.05, 4.69) is 0 Å². The summed E-state index contributed by atoms with van der Waals surface area (Å²) in [5.41, 5.74) is 23.5. The van der Waals surface area contributed by atoms with Crippen molar-refractivity contribution in [3.05, 3.63) is 157 Å². The number of hydrogen-bond acceptors (Lipinski definition) is 13. The number of anilines is 4. The zero-order valence-electron chi connectivity index (χ0n) is 30.6. The first-order valence-electron chi connectivity index (χ1n) is 17.2. The van der Waals surface area contributed by atoms with Gasteiger partial charge in [-0.05, 0) is 146 Å². The van der Waals surface area contributed by atoms with E-state index in [0.29, 0.717) is 22.7 Å². The molecule has 22 heteroatoms. The highest BCUT2D eigenvalue weighted by atomic mass is 31.3. The van der Waals surface area contributed by atoms with Crippen LogP contribution in [-0.2, 0) is 12.4 Å². The minimum absolute atomic E-state index is 0.0994. The van der Waals surface area contributed by atoms with Gasteiger partial charge in [-0.15, -0.1) is 4.52 Å². The molecule has 312 valence electrons. The van der Waals surface area contributed by atoms with Gasteiger partial charge in [0.1, 0.15) is 34.5 Å². The largest absolute Gasteiger partial charge is 0.447 e. The number of halogens is 6. The second kappa shape index (κ2) is 17.3. The van der Waals surface area contributed by atoms with Gasteiger partial charge in [-0.25, -0.2) is 0 Å². The third kappa shape index (κ3) is 10.2. The fourth-order valence-electron chi connectivity index (χ4n) is 4.97. The van der Waals surface area contributed by atoms with Crippen LogP contribution in [0.4, 0.5) is 49.1 Å². The molecule has 0 bridgehead atoms. The Kier molecular flexibility index (Phi) is 12.1. The molecule has 0 saturated carbocycles. The van der Waals surface area contributed by atoms with Crippen LogP contribution in [0.3, 0.4) is 0 Å². The molecule has 0 fully saturated rings. The molecule has 0 amide bonds. The van der Waals surface area contributed by atoms with E-state index in [0.717, 1.165) is 53.1 Å². The molecular weight excluding hydrogens is 857 g/mol. The Morgan fingerprint density at radius 3 is 1.15 bits per heavy atom. The number of alkyl halides is 6. The first-order chi connectivity index (χ1) is 28.5. The molecule has 7 rings (SSSR count). The summed E-state index contributed by atoms with van der Waals surface area (Å²) in [6, 6.07) is 31.9. The third-order valence-electron chi connectivity index (χ3n) is 7.93. The van der Waals surface area contributed by atoms with Crippen molar-refractivity contribution in [2.75, 3.05) is 22.9 Å². The van der Waals surface area contributed by atoms with E-state index in [4.69, 9.17) is 55.2 Å². The normalized spacial score (nSPS) is 16.9. The molecule has 0 spiro atoms. The minimum Gasteiger partial charge on any atom is -0.440 e. The van der Waals surface area contributed by atoms with E-state index in [9.17, 15) is 26.3 Å². The van der Waals surface area contributed by atoms with Gasteiger partial charge in [-0.3, -0.25) is 0 Å². The molecule has 2 atom stereocenters. The molecular formula is C38H32F6N7O6P3. The number of nitrogen functional groups attached to an aromatic ring is 4. The number of hydrogen-bond donors (Lipinski definition) is 4. The van der Waals surface area contributed by atoms with Crippen molar-refractivity contribution in [2.24, 2.45) is 4.52 Å². The highest BCUT2D eigenvalue weighted by Crippen LogP contribution is 2.77. The molecule has 60 heavy (non-hydrogen) atoms. The number of nitrogens with zero attached hydrogens (tertiary/aromatic N) is 3. The van der Waals surface area contributed by atoms with Crippen LogP contribution in [0, 0.1) is 0 Å². The molecule has 6 aromatic rings. The third-order valence-corrected chi connectivity index (χ3v) is 14.8. The van der Waals surface area contributed by atoms with Gasteiger partial charge in [0.25, 0.3) is 0 Å².